The summed E-state index contributed by atoms with van der Waals surface area (Å²) in [6, 6.07) is 3.67. The maximum atomic E-state index is 11.4. The van der Waals surface area contributed by atoms with Crippen LogP contribution in [0.3, 0.4) is 0 Å². The number of rotatable bonds is 7. The van der Waals surface area contributed by atoms with Crippen molar-refractivity contribution in [1.82, 2.24) is 10.3 Å². The SMILES string of the molecule is CCNCc1ccc(OC(C)C(=O)OCC)cn1. The Balaban J connectivity index is 2.50. The molecule has 1 unspecified atom stereocenters. The molecular formula is C13H20N2O3. The fourth-order valence-electron chi connectivity index (χ4n) is 1.35. The minimum Gasteiger partial charge on any atom is -0.477 e. The number of ether oxygens (including phenoxy) is 2. The second-order valence-corrected chi connectivity index (χ2v) is 3.78. The maximum absolute atomic E-state index is 11.4. The van der Waals surface area contributed by atoms with Crippen LogP contribution in [0.1, 0.15) is 26.5 Å². The third-order valence-corrected chi connectivity index (χ3v) is 2.29. The molecule has 0 radical (unpaired) electrons. The summed E-state index contributed by atoms with van der Waals surface area (Å²) in [5.41, 5.74) is 0.938. The topological polar surface area (TPSA) is 60.5 Å². The molecule has 0 saturated heterocycles. The second-order valence-electron chi connectivity index (χ2n) is 3.78. The Morgan fingerprint density at radius 2 is 2.22 bits per heavy atom. The van der Waals surface area contributed by atoms with E-state index < -0.39 is 6.10 Å². The third-order valence-electron chi connectivity index (χ3n) is 2.29. The molecule has 1 rings (SSSR count). The first-order valence-corrected chi connectivity index (χ1v) is 6.16. The van der Waals surface area contributed by atoms with Crippen molar-refractivity contribution in [2.24, 2.45) is 0 Å². The highest BCUT2D eigenvalue weighted by atomic mass is 16.6. The zero-order chi connectivity index (χ0) is 13.4. The molecule has 0 amide bonds. The Hall–Kier alpha value is -1.62. The first-order chi connectivity index (χ1) is 8.67. The smallest absolute Gasteiger partial charge is 0.347 e. The van der Waals surface area contributed by atoms with Gasteiger partial charge in [0.1, 0.15) is 5.75 Å². The summed E-state index contributed by atoms with van der Waals surface area (Å²) >= 11 is 0. The Bertz CT molecular complexity index is 365. The van der Waals surface area contributed by atoms with Crippen LogP contribution in [0.2, 0.25) is 0 Å². The van der Waals surface area contributed by atoms with Crippen LogP contribution in [0.25, 0.3) is 0 Å². The average molecular weight is 252 g/mol. The second kappa shape index (κ2) is 7.66. The normalized spacial score (nSPS) is 11.9. The van der Waals surface area contributed by atoms with Crippen molar-refractivity contribution in [2.75, 3.05) is 13.2 Å². The summed E-state index contributed by atoms with van der Waals surface area (Å²) in [5, 5.41) is 3.18. The van der Waals surface area contributed by atoms with Crippen molar-refractivity contribution in [3.05, 3.63) is 24.0 Å². The van der Waals surface area contributed by atoms with Gasteiger partial charge in [0.05, 0.1) is 18.5 Å². The molecular weight excluding hydrogens is 232 g/mol. The number of hydrogen-bond acceptors (Lipinski definition) is 5. The maximum Gasteiger partial charge on any atom is 0.347 e. The molecule has 1 N–H and O–H groups in total. The molecule has 1 heterocycles. The zero-order valence-electron chi connectivity index (χ0n) is 11.1. The van der Waals surface area contributed by atoms with Crippen molar-refractivity contribution < 1.29 is 14.3 Å². The molecule has 0 fully saturated rings. The van der Waals surface area contributed by atoms with E-state index in [1.807, 2.05) is 13.0 Å². The third kappa shape index (κ3) is 4.71. The van der Waals surface area contributed by atoms with E-state index in [2.05, 4.69) is 10.3 Å². The van der Waals surface area contributed by atoms with Crippen molar-refractivity contribution in [3.8, 4) is 5.75 Å². The van der Waals surface area contributed by atoms with Crippen LogP contribution in [0.5, 0.6) is 5.75 Å². The first-order valence-electron chi connectivity index (χ1n) is 6.16. The number of esters is 1. The lowest BCUT2D eigenvalue weighted by Gasteiger charge is -2.13. The van der Waals surface area contributed by atoms with Gasteiger partial charge in [0, 0.05) is 6.54 Å². The summed E-state index contributed by atoms with van der Waals surface area (Å²) in [7, 11) is 0. The predicted octanol–water partition coefficient (Wildman–Crippen LogP) is 1.52. The highest BCUT2D eigenvalue weighted by Gasteiger charge is 2.15. The van der Waals surface area contributed by atoms with E-state index in [0.717, 1.165) is 18.8 Å². The van der Waals surface area contributed by atoms with Gasteiger partial charge in [-0.3, -0.25) is 4.98 Å². The molecule has 0 aromatic carbocycles. The monoisotopic (exact) mass is 252 g/mol. The van der Waals surface area contributed by atoms with Crippen molar-refractivity contribution in [3.63, 3.8) is 0 Å². The van der Waals surface area contributed by atoms with Gasteiger partial charge in [0.15, 0.2) is 6.10 Å². The largest absolute Gasteiger partial charge is 0.477 e. The summed E-state index contributed by atoms with van der Waals surface area (Å²) in [6.45, 7) is 7.45. The van der Waals surface area contributed by atoms with E-state index >= 15 is 0 Å². The van der Waals surface area contributed by atoms with Crippen molar-refractivity contribution >= 4 is 5.97 Å². The van der Waals surface area contributed by atoms with Crippen LogP contribution in [0.4, 0.5) is 0 Å². The van der Waals surface area contributed by atoms with Crippen molar-refractivity contribution in [1.29, 1.82) is 0 Å². The summed E-state index contributed by atoms with van der Waals surface area (Å²) in [4.78, 5) is 15.6. The molecule has 0 aliphatic carbocycles. The molecule has 5 nitrogen and oxygen atoms in total. The quantitative estimate of drug-likeness (QED) is 0.746. The van der Waals surface area contributed by atoms with Crippen LogP contribution >= 0.6 is 0 Å². The van der Waals surface area contributed by atoms with Gasteiger partial charge in [-0.1, -0.05) is 6.92 Å². The molecule has 100 valence electrons. The van der Waals surface area contributed by atoms with Gasteiger partial charge < -0.3 is 14.8 Å². The van der Waals surface area contributed by atoms with Crippen molar-refractivity contribution in [2.45, 2.75) is 33.4 Å². The fraction of sp³-hybridized carbons (Fsp3) is 0.538. The molecule has 5 heteroatoms. The number of pyridine rings is 1. The molecule has 0 bridgehead atoms. The molecule has 1 aromatic rings. The Kier molecular flexibility index (Phi) is 6.14. The number of aromatic nitrogens is 1. The molecule has 0 spiro atoms. The minimum absolute atomic E-state index is 0.354. The van der Waals surface area contributed by atoms with E-state index in [1.54, 1.807) is 26.1 Å². The Labute approximate surface area is 108 Å². The number of nitrogens with zero attached hydrogens (tertiary/aromatic N) is 1. The average Bonchev–Trinajstić information content (AvgIpc) is 2.38. The van der Waals surface area contributed by atoms with Gasteiger partial charge in [0.25, 0.3) is 0 Å². The van der Waals surface area contributed by atoms with Crippen LogP contribution in [0, 0.1) is 0 Å². The highest BCUT2D eigenvalue weighted by Crippen LogP contribution is 2.11. The number of hydrogen-bond donors (Lipinski definition) is 1. The van der Waals surface area contributed by atoms with Crippen LogP contribution in [-0.2, 0) is 16.1 Å². The summed E-state index contributed by atoms with van der Waals surface area (Å²) < 4.78 is 10.3. The Morgan fingerprint density at radius 3 is 2.78 bits per heavy atom. The standard InChI is InChI=1S/C13H20N2O3/c1-4-14-8-11-6-7-12(9-15-11)18-10(3)13(16)17-5-2/h6-7,9-10,14H,4-5,8H2,1-3H3. The van der Waals surface area contributed by atoms with E-state index in [1.165, 1.54) is 0 Å². The zero-order valence-corrected chi connectivity index (χ0v) is 11.1. The number of carbonyl (C=O) groups excluding carboxylic acids is 1. The van der Waals surface area contributed by atoms with Gasteiger partial charge >= 0.3 is 5.97 Å². The van der Waals surface area contributed by atoms with E-state index in [0.29, 0.717) is 12.4 Å². The summed E-state index contributed by atoms with van der Waals surface area (Å²) in [6.07, 6.45) is 0.994. The molecule has 0 aliphatic rings. The van der Waals surface area contributed by atoms with Gasteiger partial charge in [-0.25, -0.2) is 4.79 Å². The van der Waals surface area contributed by atoms with E-state index in [4.69, 9.17) is 9.47 Å². The minimum atomic E-state index is -0.619. The number of carbonyl (C=O) groups is 1. The highest BCUT2D eigenvalue weighted by molar-refractivity contribution is 5.74. The lowest BCUT2D eigenvalue weighted by Crippen LogP contribution is -2.26. The fourth-order valence-corrected chi connectivity index (χ4v) is 1.35. The number of nitrogens with one attached hydrogen (secondary N) is 1. The summed E-state index contributed by atoms with van der Waals surface area (Å²) in [5.74, 6) is 0.199. The molecule has 18 heavy (non-hydrogen) atoms. The molecule has 1 aromatic heterocycles. The molecule has 1 atom stereocenters. The van der Waals surface area contributed by atoms with Crippen LogP contribution in [-0.4, -0.2) is 30.2 Å². The van der Waals surface area contributed by atoms with Crippen LogP contribution in [0.15, 0.2) is 18.3 Å². The predicted molar refractivity (Wildman–Crippen MR) is 68.3 cm³/mol. The van der Waals surface area contributed by atoms with E-state index in [-0.39, 0.29) is 5.97 Å². The van der Waals surface area contributed by atoms with Gasteiger partial charge in [-0.15, -0.1) is 0 Å². The van der Waals surface area contributed by atoms with Crippen LogP contribution < -0.4 is 10.1 Å². The molecule has 0 aliphatic heterocycles. The Morgan fingerprint density at radius 1 is 1.44 bits per heavy atom. The van der Waals surface area contributed by atoms with E-state index in [9.17, 15) is 4.79 Å². The lowest BCUT2D eigenvalue weighted by atomic mass is 10.3. The van der Waals surface area contributed by atoms with Gasteiger partial charge in [-0.05, 0) is 32.5 Å². The van der Waals surface area contributed by atoms with Gasteiger partial charge in [-0.2, -0.15) is 0 Å². The first kappa shape index (κ1) is 14.4. The van der Waals surface area contributed by atoms with Gasteiger partial charge in [0.2, 0.25) is 0 Å². The lowest BCUT2D eigenvalue weighted by molar-refractivity contribution is -0.150. The molecule has 0 saturated carbocycles.